The summed E-state index contributed by atoms with van der Waals surface area (Å²) >= 11 is 0. The standard InChI is InChI=1S/C10H15NO3/c1-9(2)10(3,4)14-11(13-9)8-5-6-12-7-8/h5-7H,1-4H3. The highest BCUT2D eigenvalue weighted by Gasteiger charge is 2.50. The average Bonchev–Trinajstić information content (AvgIpc) is 2.58. The summed E-state index contributed by atoms with van der Waals surface area (Å²) in [4.78, 5) is 11.3. The molecule has 1 aromatic heterocycles. The minimum atomic E-state index is -0.357. The van der Waals surface area contributed by atoms with Crippen LogP contribution in [0.4, 0.5) is 5.69 Å². The molecule has 1 fully saturated rings. The van der Waals surface area contributed by atoms with Crippen molar-refractivity contribution in [3.8, 4) is 0 Å². The lowest BCUT2D eigenvalue weighted by molar-refractivity contribution is -0.0275. The molecule has 0 atom stereocenters. The molecule has 0 amide bonds. The fourth-order valence-corrected chi connectivity index (χ4v) is 1.12. The van der Waals surface area contributed by atoms with Crippen LogP contribution in [0.3, 0.4) is 0 Å². The van der Waals surface area contributed by atoms with Crippen LogP contribution in [0.2, 0.25) is 0 Å². The van der Waals surface area contributed by atoms with E-state index in [1.807, 2.05) is 27.7 Å². The van der Waals surface area contributed by atoms with Gasteiger partial charge in [-0.15, -0.1) is 5.23 Å². The smallest absolute Gasteiger partial charge is 0.133 e. The molecule has 0 N–H and O–H groups in total. The molecule has 1 aromatic rings. The molecule has 0 bridgehead atoms. The minimum absolute atomic E-state index is 0.357. The highest BCUT2D eigenvalue weighted by atomic mass is 17.0. The van der Waals surface area contributed by atoms with Gasteiger partial charge in [-0.1, -0.05) is 0 Å². The Bertz CT molecular complexity index is 300. The van der Waals surface area contributed by atoms with Gasteiger partial charge in [-0.2, -0.15) is 0 Å². The Labute approximate surface area is 83.3 Å². The van der Waals surface area contributed by atoms with Gasteiger partial charge in [0.05, 0.1) is 6.26 Å². The van der Waals surface area contributed by atoms with Crippen molar-refractivity contribution in [3.05, 3.63) is 18.6 Å². The van der Waals surface area contributed by atoms with Crippen molar-refractivity contribution in [1.29, 1.82) is 0 Å². The van der Waals surface area contributed by atoms with Gasteiger partial charge in [-0.25, -0.2) is 9.68 Å². The third-order valence-electron chi connectivity index (χ3n) is 2.79. The predicted molar refractivity (Wildman–Crippen MR) is 51.5 cm³/mol. The van der Waals surface area contributed by atoms with E-state index in [0.29, 0.717) is 0 Å². The van der Waals surface area contributed by atoms with Crippen LogP contribution in [0.25, 0.3) is 0 Å². The first-order valence-electron chi connectivity index (χ1n) is 4.63. The monoisotopic (exact) mass is 197 g/mol. The van der Waals surface area contributed by atoms with Crippen molar-refractivity contribution in [3.63, 3.8) is 0 Å². The zero-order valence-corrected chi connectivity index (χ0v) is 8.90. The Balaban J connectivity index is 2.22. The summed E-state index contributed by atoms with van der Waals surface area (Å²) in [7, 11) is 0. The number of rotatable bonds is 1. The van der Waals surface area contributed by atoms with Gasteiger partial charge in [0.1, 0.15) is 23.2 Å². The molecule has 1 aliphatic heterocycles. The first-order valence-corrected chi connectivity index (χ1v) is 4.63. The van der Waals surface area contributed by atoms with Crippen LogP contribution in [0, 0.1) is 0 Å². The fourth-order valence-electron chi connectivity index (χ4n) is 1.12. The Kier molecular flexibility index (Phi) is 1.87. The average molecular weight is 197 g/mol. The van der Waals surface area contributed by atoms with Gasteiger partial charge in [0.2, 0.25) is 0 Å². The van der Waals surface area contributed by atoms with Gasteiger partial charge in [0.15, 0.2) is 0 Å². The van der Waals surface area contributed by atoms with Crippen LogP contribution in [0.1, 0.15) is 27.7 Å². The molecular weight excluding hydrogens is 182 g/mol. The summed E-state index contributed by atoms with van der Waals surface area (Å²) in [6, 6.07) is 1.79. The second-order valence-electron chi connectivity index (χ2n) is 4.44. The molecule has 2 heterocycles. The molecule has 0 saturated carbocycles. The van der Waals surface area contributed by atoms with E-state index < -0.39 is 0 Å². The summed E-state index contributed by atoms with van der Waals surface area (Å²) in [5.41, 5.74) is 0.0535. The zero-order chi connectivity index (χ0) is 10.4. The van der Waals surface area contributed by atoms with Gasteiger partial charge in [0.25, 0.3) is 0 Å². The van der Waals surface area contributed by atoms with E-state index >= 15 is 0 Å². The third kappa shape index (κ3) is 1.31. The van der Waals surface area contributed by atoms with Crippen molar-refractivity contribution >= 4 is 5.69 Å². The van der Waals surface area contributed by atoms with E-state index in [1.165, 1.54) is 5.23 Å². The predicted octanol–water partition coefficient (Wildman–Crippen LogP) is 2.52. The first kappa shape index (κ1) is 9.55. The van der Waals surface area contributed by atoms with Crippen LogP contribution in [-0.2, 0) is 9.68 Å². The summed E-state index contributed by atoms with van der Waals surface area (Å²) in [6.07, 6.45) is 3.16. The Hall–Kier alpha value is -1.00. The quantitative estimate of drug-likeness (QED) is 0.693. The summed E-state index contributed by atoms with van der Waals surface area (Å²) in [5, 5.41) is 1.41. The van der Waals surface area contributed by atoms with Crippen molar-refractivity contribution in [1.82, 2.24) is 0 Å². The van der Waals surface area contributed by atoms with Crippen molar-refractivity contribution in [2.75, 3.05) is 5.23 Å². The molecule has 78 valence electrons. The zero-order valence-electron chi connectivity index (χ0n) is 8.90. The molecule has 0 spiro atoms. The van der Waals surface area contributed by atoms with Gasteiger partial charge in [0, 0.05) is 6.07 Å². The van der Waals surface area contributed by atoms with Crippen LogP contribution in [0.15, 0.2) is 23.0 Å². The Morgan fingerprint density at radius 1 is 1.07 bits per heavy atom. The molecule has 4 heteroatoms. The molecule has 0 radical (unpaired) electrons. The van der Waals surface area contributed by atoms with Gasteiger partial charge < -0.3 is 4.42 Å². The van der Waals surface area contributed by atoms with Crippen LogP contribution < -0.4 is 5.23 Å². The maximum absolute atomic E-state index is 5.66. The van der Waals surface area contributed by atoms with E-state index in [4.69, 9.17) is 14.1 Å². The third-order valence-corrected chi connectivity index (χ3v) is 2.79. The van der Waals surface area contributed by atoms with E-state index in [0.717, 1.165) is 5.69 Å². The highest BCUT2D eigenvalue weighted by molar-refractivity contribution is 5.38. The second kappa shape index (κ2) is 2.74. The number of hydrogen-bond donors (Lipinski definition) is 0. The summed E-state index contributed by atoms with van der Waals surface area (Å²) in [6.45, 7) is 7.97. The topological polar surface area (TPSA) is 34.8 Å². The number of hydrogen-bond acceptors (Lipinski definition) is 4. The van der Waals surface area contributed by atoms with E-state index in [9.17, 15) is 0 Å². The Morgan fingerprint density at radius 2 is 1.64 bits per heavy atom. The highest BCUT2D eigenvalue weighted by Crippen LogP contribution is 2.39. The molecule has 2 rings (SSSR count). The van der Waals surface area contributed by atoms with E-state index in [1.54, 1.807) is 18.6 Å². The lowest BCUT2D eigenvalue weighted by Gasteiger charge is -2.26. The number of nitrogens with zero attached hydrogens (tertiary/aromatic N) is 1. The molecular formula is C10H15NO3. The summed E-state index contributed by atoms with van der Waals surface area (Å²) in [5.74, 6) is 0. The number of furan rings is 1. The molecule has 0 aromatic carbocycles. The van der Waals surface area contributed by atoms with Crippen molar-refractivity contribution in [2.45, 2.75) is 38.9 Å². The molecule has 1 aliphatic rings. The normalized spacial score (nSPS) is 24.1. The van der Waals surface area contributed by atoms with E-state index in [2.05, 4.69) is 0 Å². The van der Waals surface area contributed by atoms with E-state index in [-0.39, 0.29) is 11.2 Å². The van der Waals surface area contributed by atoms with Crippen molar-refractivity contribution < 1.29 is 14.1 Å². The van der Waals surface area contributed by atoms with Crippen LogP contribution >= 0.6 is 0 Å². The maximum atomic E-state index is 5.66. The van der Waals surface area contributed by atoms with Crippen LogP contribution in [0.5, 0.6) is 0 Å². The lowest BCUT2D eigenvalue weighted by atomic mass is 9.90. The molecule has 0 aliphatic carbocycles. The Morgan fingerprint density at radius 3 is 2.07 bits per heavy atom. The SMILES string of the molecule is CC1(C)ON(c2ccoc2)OC1(C)C. The van der Waals surface area contributed by atoms with Crippen molar-refractivity contribution in [2.24, 2.45) is 0 Å². The maximum Gasteiger partial charge on any atom is 0.133 e. The number of anilines is 1. The first-order chi connectivity index (χ1) is 6.42. The minimum Gasteiger partial charge on any atom is -0.470 e. The largest absolute Gasteiger partial charge is 0.470 e. The van der Waals surface area contributed by atoms with Gasteiger partial charge in [-0.3, -0.25) is 0 Å². The second-order valence-corrected chi connectivity index (χ2v) is 4.44. The molecule has 0 unspecified atom stereocenters. The summed E-state index contributed by atoms with van der Waals surface area (Å²) < 4.78 is 4.96. The molecule has 14 heavy (non-hydrogen) atoms. The van der Waals surface area contributed by atoms with Gasteiger partial charge in [-0.05, 0) is 27.7 Å². The molecule has 1 saturated heterocycles. The fraction of sp³-hybridized carbons (Fsp3) is 0.600. The molecule has 4 nitrogen and oxygen atoms in total. The lowest BCUT2D eigenvalue weighted by Crippen LogP contribution is -2.41. The van der Waals surface area contributed by atoms with Gasteiger partial charge >= 0.3 is 0 Å². The van der Waals surface area contributed by atoms with Crippen LogP contribution in [-0.4, -0.2) is 11.2 Å².